The number of nitrogens with zero attached hydrogens (tertiary/aromatic N) is 1. The summed E-state index contributed by atoms with van der Waals surface area (Å²) in [5.41, 5.74) is 1.16. The second kappa shape index (κ2) is 8.70. The molecule has 0 atom stereocenters. The van der Waals surface area contributed by atoms with E-state index < -0.39 is 6.61 Å². The first-order valence-electron chi connectivity index (χ1n) is 7.49. The van der Waals surface area contributed by atoms with Gasteiger partial charge in [-0.2, -0.15) is 8.78 Å². The van der Waals surface area contributed by atoms with Gasteiger partial charge in [0.25, 0.3) is 0 Å². The van der Waals surface area contributed by atoms with Gasteiger partial charge >= 0.3 is 6.61 Å². The zero-order chi connectivity index (χ0) is 18.5. The summed E-state index contributed by atoms with van der Waals surface area (Å²) >= 11 is 6.46. The molecule has 2 heterocycles. The van der Waals surface area contributed by atoms with E-state index in [4.69, 9.17) is 0 Å². The minimum Gasteiger partial charge on any atom is -0.434 e. The second-order valence-electron chi connectivity index (χ2n) is 5.21. The van der Waals surface area contributed by atoms with Crippen molar-refractivity contribution in [2.75, 3.05) is 0 Å². The van der Waals surface area contributed by atoms with Crippen molar-refractivity contribution in [2.45, 2.75) is 19.6 Å². The summed E-state index contributed by atoms with van der Waals surface area (Å²) in [5.74, 6) is -0.178. The zero-order valence-electron chi connectivity index (χ0n) is 13.2. The van der Waals surface area contributed by atoms with Crippen molar-refractivity contribution in [1.29, 1.82) is 0 Å². The van der Waals surface area contributed by atoms with E-state index in [1.807, 2.05) is 16.8 Å². The van der Waals surface area contributed by atoms with Crippen LogP contribution in [0.4, 0.5) is 8.78 Å². The molecule has 26 heavy (non-hydrogen) atoms. The number of amides is 1. The Labute approximate surface area is 165 Å². The summed E-state index contributed by atoms with van der Waals surface area (Å²) in [6.45, 7) is -2.80. The predicted octanol–water partition coefficient (Wildman–Crippen LogP) is 5.09. The zero-order valence-corrected chi connectivity index (χ0v) is 16.5. The number of aromatic nitrogens is 1. The molecule has 1 N–H and O–H groups in total. The predicted molar refractivity (Wildman–Crippen MR) is 102 cm³/mol. The van der Waals surface area contributed by atoms with Gasteiger partial charge in [0.2, 0.25) is 5.91 Å². The Morgan fingerprint density at radius 1 is 1.27 bits per heavy atom. The topological polar surface area (TPSA) is 51.2 Å². The molecule has 3 aromatic rings. The van der Waals surface area contributed by atoms with Crippen LogP contribution in [0.25, 0.3) is 9.88 Å². The largest absolute Gasteiger partial charge is 0.434 e. The molecule has 3 rings (SSSR count). The first kappa shape index (κ1) is 18.9. The van der Waals surface area contributed by atoms with E-state index in [0.29, 0.717) is 11.3 Å². The second-order valence-corrected chi connectivity index (χ2v) is 7.90. The Morgan fingerprint density at radius 2 is 2.08 bits per heavy atom. The molecule has 2 aromatic heterocycles. The minimum absolute atomic E-state index is 0.0574. The van der Waals surface area contributed by atoms with Gasteiger partial charge in [0.05, 0.1) is 17.0 Å². The van der Waals surface area contributed by atoms with E-state index in [2.05, 4.69) is 31.0 Å². The number of para-hydroxylation sites is 1. The van der Waals surface area contributed by atoms with Gasteiger partial charge in [-0.1, -0.05) is 18.2 Å². The van der Waals surface area contributed by atoms with Gasteiger partial charge in [0.1, 0.15) is 10.8 Å². The van der Waals surface area contributed by atoms with Crippen LogP contribution in [0.5, 0.6) is 5.75 Å². The van der Waals surface area contributed by atoms with Crippen molar-refractivity contribution in [2.24, 2.45) is 0 Å². The molecule has 136 valence electrons. The maximum absolute atomic E-state index is 12.4. The SMILES string of the molecule is O=C(Cc1csc(-c2cc(Br)cs2)n1)NCc1ccccc1OC(F)F. The van der Waals surface area contributed by atoms with Gasteiger partial charge in [0, 0.05) is 27.3 Å². The number of hydrogen-bond donors (Lipinski definition) is 1. The molecule has 0 aliphatic rings. The molecule has 0 unspecified atom stereocenters. The fourth-order valence-corrected chi connectivity index (χ4v) is 4.54. The van der Waals surface area contributed by atoms with E-state index in [9.17, 15) is 13.6 Å². The molecule has 0 saturated heterocycles. The first-order valence-corrected chi connectivity index (χ1v) is 10.0. The highest BCUT2D eigenvalue weighted by Gasteiger charge is 2.12. The van der Waals surface area contributed by atoms with Crippen molar-refractivity contribution in [1.82, 2.24) is 10.3 Å². The highest BCUT2D eigenvalue weighted by molar-refractivity contribution is 9.10. The molecule has 0 radical (unpaired) electrons. The smallest absolute Gasteiger partial charge is 0.387 e. The van der Waals surface area contributed by atoms with Crippen LogP contribution in [0.2, 0.25) is 0 Å². The molecular weight excluding hydrogens is 446 g/mol. The Morgan fingerprint density at radius 3 is 2.81 bits per heavy atom. The number of carbonyl (C=O) groups excluding carboxylic acids is 1. The lowest BCUT2D eigenvalue weighted by Gasteiger charge is -2.11. The maximum Gasteiger partial charge on any atom is 0.387 e. The molecule has 1 aromatic carbocycles. The summed E-state index contributed by atoms with van der Waals surface area (Å²) in [6.07, 6.45) is 0.126. The Kier molecular flexibility index (Phi) is 6.33. The lowest BCUT2D eigenvalue weighted by molar-refractivity contribution is -0.120. The number of thiazole rings is 1. The summed E-state index contributed by atoms with van der Waals surface area (Å²) in [4.78, 5) is 17.6. The van der Waals surface area contributed by atoms with Gasteiger partial charge in [-0.05, 0) is 28.1 Å². The van der Waals surface area contributed by atoms with Crippen LogP contribution in [0.3, 0.4) is 0 Å². The van der Waals surface area contributed by atoms with Gasteiger partial charge in [-0.3, -0.25) is 4.79 Å². The van der Waals surface area contributed by atoms with Crippen molar-refractivity contribution in [3.8, 4) is 15.6 Å². The summed E-state index contributed by atoms with van der Waals surface area (Å²) in [6, 6.07) is 8.36. The number of benzene rings is 1. The number of thiophene rings is 1. The maximum atomic E-state index is 12.4. The van der Waals surface area contributed by atoms with E-state index in [0.717, 1.165) is 14.4 Å². The Bertz CT molecular complexity index is 898. The number of nitrogens with one attached hydrogen (secondary N) is 1. The molecule has 0 aliphatic heterocycles. The van der Waals surface area contributed by atoms with Crippen molar-refractivity contribution in [3.63, 3.8) is 0 Å². The summed E-state index contributed by atoms with van der Waals surface area (Å²) in [7, 11) is 0. The van der Waals surface area contributed by atoms with Gasteiger partial charge in [0.15, 0.2) is 0 Å². The summed E-state index contributed by atoms with van der Waals surface area (Å²) < 4.78 is 30.3. The quantitative estimate of drug-likeness (QED) is 0.535. The van der Waals surface area contributed by atoms with Gasteiger partial charge in [-0.25, -0.2) is 4.98 Å². The number of halogens is 3. The highest BCUT2D eigenvalue weighted by atomic mass is 79.9. The Hall–Kier alpha value is -1.84. The van der Waals surface area contributed by atoms with Crippen LogP contribution in [0.1, 0.15) is 11.3 Å². The van der Waals surface area contributed by atoms with E-state index >= 15 is 0 Å². The van der Waals surface area contributed by atoms with Crippen LogP contribution in [0.15, 0.2) is 45.6 Å². The standard InChI is InChI=1S/C17H13BrF2N2O2S2/c18-11-5-14(25-8-11)16-22-12(9-26-16)6-15(23)21-7-10-3-1-2-4-13(10)24-17(19)20/h1-5,8-9,17H,6-7H2,(H,21,23). The molecule has 0 saturated carbocycles. The van der Waals surface area contributed by atoms with Crippen LogP contribution in [-0.2, 0) is 17.8 Å². The summed E-state index contributed by atoms with van der Waals surface area (Å²) in [5, 5.41) is 7.39. The normalized spacial score (nSPS) is 10.9. The van der Waals surface area contributed by atoms with Crippen molar-refractivity contribution in [3.05, 3.63) is 56.8 Å². The third-order valence-corrected chi connectivity index (χ3v) is 6.09. The molecule has 1 amide bonds. The van der Waals surface area contributed by atoms with Crippen LogP contribution in [0, 0.1) is 0 Å². The molecule has 4 nitrogen and oxygen atoms in total. The lowest BCUT2D eigenvalue weighted by atomic mass is 10.2. The fraction of sp³-hybridized carbons (Fsp3) is 0.176. The van der Waals surface area contributed by atoms with Crippen molar-refractivity contribution < 1.29 is 18.3 Å². The fourth-order valence-electron chi connectivity index (χ4n) is 2.21. The first-order chi connectivity index (χ1) is 12.5. The van der Waals surface area contributed by atoms with Crippen LogP contribution >= 0.6 is 38.6 Å². The number of ether oxygens (including phenoxy) is 1. The molecular formula is C17H13BrF2N2O2S2. The lowest BCUT2D eigenvalue weighted by Crippen LogP contribution is -2.25. The molecule has 0 bridgehead atoms. The highest BCUT2D eigenvalue weighted by Crippen LogP contribution is 2.32. The molecule has 0 spiro atoms. The Balaban J connectivity index is 1.58. The van der Waals surface area contributed by atoms with Crippen molar-refractivity contribution >= 4 is 44.5 Å². The minimum atomic E-state index is -2.91. The molecule has 0 fully saturated rings. The third kappa shape index (κ3) is 5.09. The van der Waals surface area contributed by atoms with Gasteiger partial charge in [-0.15, -0.1) is 22.7 Å². The number of alkyl halides is 2. The average Bonchev–Trinajstić information content (AvgIpc) is 3.22. The van der Waals surface area contributed by atoms with Gasteiger partial charge < -0.3 is 10.1 Å². The van der Waals surface area contributed by atoms with E-state index in [-0.39, 0.29) is 24.6 Å². The number of hydrogen-bond acceptors (Lipinski definition) is 5. The molecule has 0 aliphatic carbocycles. The number of rotatable bonds is 7. The monoisotopic (exact) mass is 458 g/mol. The van der Waals surface area contributed by atoms with E-state index in [1.165, 1.54) is 17.4 Å². The molecule has 9 heteroatoms. The average molecular weight is 459 g/mol. The van der Waals surface area contributed by atoms with Crippen LogP contribution in [-0.4, -0.2) is 17.5 Å². The van der Waals surface area contributed by atoms with E-state index in [1.54, 1.807) is 29.5 Å². The third-order valence-electron chi connectivity index (χ3n) is 3.34. The number of carbonyl (C=O) groups is 1. The van der Waals surface area contributed by atoms with Crippen LogP contribution < -0.4 is 10.1 Å².